The first-order valence-corrected chi connectivity index (χ1v) is 7.92. The standard InChI is InChI=1S/C20H23NO4/c1-14(17-7-5-6-8-19(17)25-4)21-20(22)12-9-15-13-16(23-2)10-11-18(15)24-3/h5-14H,1-4H3,(H,21,22)/b12-9+. The zero-order valence-electron chi connectivity index (χ0n) is 14.9. The van der Waals surface area contributed by atoms with Crippen LogP contribution in [0.25, 0.3) is 6.08 Å². The fourth-order valence-corrected chi connectivity index (χ4v) is 2.50. The van der Waals surface area contributed by atoms with E-state index in [0.29, 0.717) is 11.5 Å². The molecule has 25 heavy (non-hydrogen) atoms. The third-order valence-electron chi connectivity index (χ3n) is 3.82. The van der Waals surface area contributed by atoms with Gasteiger partial charge in [-0.2, -0.15) is 0 Å². The number of nitrogens with one attached hydrogen (secondary N) is 1. The number of amides is 1. The summed E-state index contributed by atoms with van der Waals surface area (Å²) in [4.78, 5) is 12.2. The Morgan fingerprint density at radius 3 is 2.40 bits per heavy atom. The summed E-state index contributed by atoms with van der Waals surface area (Å²) in [5.41, 5.74) is 1.69. The van der Waals surface area contributed by atoms with E-state index < -0.39 is 0 Å². The number of methoxy groups -OCH3 is 3. The van der Waals surface area contributed by atoms with E-state index in [2.05, 4.69) is 5.32 Å². The van der Waals surface area contributed by atoms with Crippen LogP contribution in [0.3, 0.4) is 0 Å². The first kappa shape index (κ1) is 18.4. The Morgan fingerprint density at radius 2 is 1.72 bits per heavy atom. The molecule has 0 heterocycles. The number of benzene rings is 2. The fraction of sp³-hybridized carbons (Fsp3) is 0.250. The van der Waals surface area contributed by atoms with Crippen molar-refractivity contribution in [2.45, 2.75) is 13.0 Å². The van der Waals surface area contributed by atoms with E-state index in [-0.39, 0.29) is 11.9 Å². The van der Waals surface area contributed by atoms with Crippen LogP contribution in [0.4, 0.5) is 0 Å². The van der Waals surface area contributed by atoms with E-state index in [1.165, 1.54) is 6.08 Å². The number of para-hydroxylation sites is 1. The third-order valence-corrected chi connectivity index (χ3v) is 3.82. The molecule has 0 saturated heterocycles. The van der Waals surface area contributed by atoms with Crippen molar-refractivity contribution in [2.24, 2.45) is 0 Å². The van der Waals surface area contributed by atoms with Crippen LogP contribution in [0.2, 0.25) is 0 Å². The molecule has 0 aliphatic heterocycles. The summed E-state index contributed by atoms with van der Waals surface area (Å²) in [7, 11) is 4.79. The molecule has 1 unspecified atom stereocenters. The van der Waals surface area contributed by atoms with Crippen molar-refractivity contribution in [3.05, 3.63) is 59.7 Å². The van der Waals surface area contributed by atoms with Crippen LogP contribution in [0.1, 0.15) is 24.1 Å². The molecule has 0 spiro atoms. The lowest BCUT2D eigenvalue weighted by molar-refractivity contribution is -0.117. The molecule has 0 aromatic heterocycles. The summed E-state index contributed by atoms with van der Waals surface area (Å²) in [6.45, 7) is 1.91. The first-order valence-electron chi connectivity index (χ1n) is 7.92. The maximum atomic E-state index is 12.2. The van der Waals surface area contributed by atoms with E-state index in [1.54, 1.807) is 39.5 Å². The van der Waals surface area contributed by atoms with Gasteiger partial charge in [0.15, 0.2) is 0 Å². The van der Waals surface area contributed by atoms with Crippen molar-refractivity contribution in [2.75, 3.05) is 21.3 Å². The zero-order valence-corrected chi connectivity index (χ0v) is 14.9. The molecule has 5 heteroatoms. The van der Waals surface area contributed by atoms with E-state index in [1.807, 2.05) is 37.3 Å². The molecule has 0 aliphatic rings. The lowest BCUT2D eigenvalue weighted by atomic mass is 10.1. The first-order chi connectivity index (χ1) is 12.1. The zero-order chi connectivity index (χ0) is 18.2. The predicted octanol–water partition coefficient (Wildman–Crippen LogP) is 3.60. The summed E-state index contributed by atoms with van der Waals surface area (Å²) in [6, 6.07) is 12.8. The van der Waals surface area contributed by atoms with Crippen molar-refractivity contribution in [1.29, 1.82) is 0 Å². The average molecular weight is 341 g/mol. The number of ether oxygens (including phenoxy) is 3. The third kappa shape index (κ3) is 4.76. The molecule has 0 fully saturated rings. The van der Waals surface area contributed by atoms with Gasteiger partial charge in [-0.05, 0) is 37.3 Å². The van der Waals surface area contributed by atoms with Crippen molar-refractivity contribution in [3.63, 3.8) is 0 Å². The summed E-state index contributed by atoms with van der Waals surface area (Å²) < 4.78 is 15.8. The van der Waals surface area contributed by atoms with Crippen molar-refractivity contribution >= 4 is 12.0 Å². The molecule has 2 aromatic rings. The Hall–Kier alpha value is -2.95. The molecule has 0 radical (unpaired) electrons. The van der Waals surface area contributed by atoms with E-state index in [4.69, 9.17) is 14.2 Å². The van der Waals surface area contributed by atoms with Gasteiger partial charge < -0.3 is 19.5 Å². The molecule has 1 amide bonds. The van der Waals surface area contributed by atoms with Crippen molar-refractivity contribution in [3.8, 4) is 17.2 Å². The molecular weight excluding hydrogens is 318 g/mol. The lowest BCUT2D eigenvalue weighted by Crippen LogP contribution is -2.24. The highest BCUT2D eigenvalue weighted by Crippen LogP contribution is 2.26. The van der Waals surface area contributed by atoms with E-state index in [0.717, 1.165) is 16.9 Å². The van der Waals surface area contributed by atoms with Gasteiger partial charge >= 0.3 is 0 Å². The summed E-state index contributed by atoms with van der Waals surface area (Å²) in [5, 5.41) is 2.93. The van der Waals surface area contributed by atoms with Gasteiger partial charge in [-0.3, -0.25) is 4.79 Å². The Kier molecular flexibility index (Phi) is 6.46. The highest BCUT2D eigenvalue weighted by Gasteiger charge is 2.12. The second-order valence-corrected chi connectivity index (χ2v) is 5.41. The quantitative estimate of drug-likeness (QED) is 0.782. The molecule has 2 rings (SSSR count). The van der Waals surface area contributed by atoms with Crippen LogP contribution < -0.4 is 19.5 Å². The minimum atomic E-state index is -0.205. The summed E-state index contributed by atoms with van der Waals surface area (Å²) in [6.07, 6.45) is 3.18. The fourth-order valence-electron chi connectivity index (χ4n) is 2.50. The van der Waals surface area contributed by atoms with E-state index in [9.17, 15) is 4.79 Å². The van der Waals surface area contributed by atoms with Gasteiger partial charge in [0.1, 0.15) is 17.2 Å². The highest BCUT2D eigenvalue weighted by atomic mass is 16.5. The van der Waals surface area contributed by atoms with Crippen LogP contribution in [0.15, 0.2) is 48.5 Å². The molecule has 0 bridgehead atoms. The second kappa shape index (κ2) is 8.78. The number of carbonyl (C=O) groups excluding carboxylic acids is 1. The maximum absolute atomic E-state index is 12.2. The van der Waals surface area contributed by atoms with Crippen LogP contribution in [-0.4, -0.2) is 27.2 Å². The summed E-state index contributed by atoms with van der Waals surface area (Å²) in [5.74, 6) is 1.91. The lowest BCUT2D eigenvalue weighted by Gasteiger charge is -2.16. The molecule has 132 valence electrons. The number of hydrogen-bond acceptors (Lipinski definition) is 4. The van der Waals surface area contributed by atoms with Gasteiger partial charge in [0.25, 0.3) is 0 Å². The number of carbonyl (C=O) groups is 1. The Balaban J connectivity index is 2.10. The van der Waals surface area contributed by atoms with Crippen LogP contribution >= 0.6 is 0 Å². The topological polar surface area (TPSA) is 56.8 Å². The number of hydrogen-bond donors (Lipinski definition) is 1. The van der Waals surface area contributed by atoms with Crippen LogP contribution in [0.5, 0.6) is 17.2 Å². The maximum Gasteiger partial charge on any atom is 0.244 e. The molecule has 1 N–H and O–H groups in total. The largest absolute Gasteiger partial charge is 0.497 e. The molecule has 0 saturated carbocycles. The Labute approximate surface area is 148 Å². The molecular formula is C20H23NO4. The van der Waals surface area contributed by atoms with Crippen molar-refractivity contribution < 1.29 is 19.0 Å². The monoisotopic (exact) mass is 341 g/mol. The van der Waals surface area contributed by atoms with Gasteiger partial charge in [0.2, 0.25) is 5.91 Å². The SMILES string of the molecule is COc1ccc(OC)c(/C=C/C(=O)NC(C)c2ccccc2OC)c1. The van der Waals surface area contributed by atoms with E-state index >= 15 is 0 Å². The second-order valence-electron chi connectivity index (χ2n) is 5.41. The highest BCUT2D eigenvalue weighted by molar-refractivity contribution is 5.92. The van der Waals surface area contributed by atoms with Gasteiger partial charge in [-0.15, -0.1) is 0 Å². The number of rotatable bonds is 7. The molecule has 1 atom stereocenters. The minimum Gasteiger partial charge on any atom is -0.497 e. The van der Waals surface area contributed by atoms with Gasteiger partial charge in [0, 0.05) is 17.2 Å². The van der Waals surface area contributed by atoms with Gasteiger partial charge in [-0.1, -0.05) is 18.2 Å². The molecule has 2 aromatic carbocycles. The smallest absolute Gasteiger partial charge is 0.244 e. The van der Waals surface area contributed by atoms with Crippen molar-refractivity contribution in [1.82, 2.24) is 5.32 Å². The normalized spacial score (nSPS) is 11.8. The van der Waals surface area contributed by atoms with Gasteiger partial charge in [0.05, 0.1) is 27.4 Å². The predicted molar refractivity (Wildman–Crippen MR) is 98.1 cm³/mol. The Morgan fingerprint density at radius 1 is 1.00 bits per heavy atom. The van der Waals surface area contributed by atoms with Crippen LogP contribution in [0, 0.1) is 0 Å². The van der Waals surface area contributed by atoms with Crippen LogP contribution in [-0.2, 0) is 4.79 Å². The van der Waals surface area contributed by atoms with Gasteiger partial charge in [-0.25, -0.2) is 0 Å². The molecule has 0 aliphatic carbocycles. The average Bonchev–Trinajstić information content (AvgIpc) is 2.65. The summed E-state index contributed by atoms with van der Waals surface area (Å²) >= 11 is 0. The Bertz CT molecular complexity index is 755. The minimum absolute atomic E-state index is 0.180. The molecule has 5 nitrogen and oxygen atoms in total.